The van der Waals surface area contributed by atoms with Crippen LogP contribution in [0.3, 0.4) is 0 Å². The van der Waals surface area contributed by atoms with Crippen LogP contribution < -0.4 is 5.73 Å². The Labute approximate surface area is 96.4 Å². The maximum Gasteiger partial charge on any atom is 0.303 e. The van der Waals surface area contributed by atoms with Crippen molar-refractivity contribution >= 4 is 5.97 Å². The van der Waals surface area contributed by atoms with E-state index in [0.29, 0.717) is 18.4 Å². The van der Waals surface area contributed by atoms with Crippen LogP contribution in [0, 0.1) is 22.7 Å². The predicted molar refractivity (Wildman–Crippen MR) is 60.9 cm³/mol. The lowest BCUT2D eigenvalue weighted by Crippen LogP contribution is -2.61. The Morgan fingerprint density at radius 2 is 2.00 bits per heavy atom. The molecule has 16 heavy (non-hydrogen) atoms. The molecular formula is C13H21NO2. The Hall–Kier alpha value is -0.570. The molecule has 0 aromatic heterocycles. The average molecular weight is 223 g/mol. The van der Waals surface area contributed by atoms with Gasteiger partial charge in [-0.2, -0.15) is 0 Å². The molecule has 1 spiro atoms. The zero-order valence-electron chi connectivity index (χ0n) is 9.74. The summed E-state index contributed by atoms with van der Waals surface area (Å²) in [6, 6.07) is 0. The molecule has 4 fully saturated rings. The van der Waals surface area contributed by atoms with Gasteiger partial charge in [0, 0.05) is 0 Å². The van der Waals surface area contributed by atoms with Crippen molar-refractivity contribution in [1.82, 2.24) is 0 Å². The first-order valence-corrected chi connectivity index (χ1v) is 6.51. The third-order valence-corrected chi connectivity index (χ3v) is 5.74. The van der Waals surface area contributed by atoms with E-state index in [-0.39, 0.29) is 5.41 Å². The van der Waals surface area contributed by atoms with Gasteiger partial charge in [0.2, 0.25) is 0 Å². The number of aliphatic carboxylic acids is 1. The van der Waals surface area contributed by atoms with Gasteiger partial charge in [0.25, 0.3) is 0 Å². The van der Waals surface area contributed by atoms with Crippen molar-refractivity contribution in [2.45, 2.75) is 44.9 Å². The molecule has 2 atom stereocenters. The summed E-state index contributed by atoms with van der Waals surface area (Å²) in [7, 11) is 0. The molecule has 0 aromatic carbocycles. The van der Waals surface area contributed by atoms with E-state index in [1.54, 1.807) is 0 Å². The highest BCUT2D eigenvalue weighted by atomic mass is 16.4. The molecule has 2 unspecified atom stereocenters. The van der Waals surface area contributed by atoms with E-state index >= 15 is 0 Å². The quantitative estimate of drug-likeness (QED) is 0.769. The van der Waals surface area contributed by atoms with Crippen LogP contribution in [0.2, 0.25) is 0 Å². The van der Waals surface area contributed by atoms with E-state index < -0.39 is 5.97 Å². The van der Waals surface area contributed by atoms with Crippen LogP contribution in [0.5, 0.6) is 0 Å². The molecule has 4 saturated carbocycles. The number of carboxylic acid groups (broad SMARTS) is 1. The van der Waals surface area contributed by atoms with E-state index in [1.165, 1.54) is 32.1 Å². The van der Waals surface area contributed by atoms with Crippen LogP contribution >= 0.6 is 0 Å². The third-order valence-electron chi connectivity index (χ3n) is 5.74. The number of nitrogens with two attached hydrogens (primary N) is 1. The minimum atomic E-state index is -0.660. The smallest absolute Gasteiger partial charge is 0.303 e. The maximum absolute atomic E-state index is 11.1. The van der Waals surface area contributed by atoms with Crippen molar-refractivity contribution in [2.75, 3.05) is 6.54 Å². The summed E-state index contributed by atoms with van der Waals surface area (Å²) in [4.78, 5) is 11.1. The molecule has 0 aliphatic heterocycles. The minimum Gasteiger partial charge on any atom is -0.481 e. The van der Waals surface area contributed by atoms with E-state index in [2.05, 4.69) is 0 Å². The molecule has 0 heterocycles. The van der Waals surface area contributed by atoms with Gasteiger partial charge in [-0.1, -0.05) is 0 Å². The molecule has 3 heteroatoms. The molecule has 3 bridgehead atoms. The average Bonchev–Trinajstić information content (AvgIpc) is 2.21. The number of hydrogen-bond acceptors (Lipinski definition) is 2. The van der Waals surface area contributed by atoms with Crippen molar-refractivity contribution in [3.63, 3.8) is 0 Å². The van der Waals surface area contributed by atoms with Crippen molar-refractivity contribution in [2.24, 2.45) is 28.4 Å². The first-order chi connectivity index (χ1) is 7.59. The largest absolute Gasteiger partial charge is 0.481 e. The van der Waals surface area contributed by atoms with Gasteiger partial charge in [-0.15, -0.1) is 0 Å². The van der Waals surface area contributed by atoms with Crippen molar-refractivity contribution < 1.29 is 9.90 Å². The number of carbonyl (C=O) groups is 1. The second-order valence-corrected chi connectivity index (χ2v) is 6.45. The van der Waals surface area contributed by atoms with Crippen LogP contribution in [0.25, 0.3) is 0 Å². The molecule has 0 amide bonds. The summed E-state index contributed by atoms with van der Waals surface area (Å²) in [6.45, 7) is 0.568. The zero-order valence-corrected chi connectivity index (χ0v) is 9.74. The van der Waals surface area contributed by atoms with Crippen LogP contribution in [0.1, 0.15) is 44.9 Å². The minimum absolute atomic E-state index is 0.0771. The number of hydrogen-bond donors (Lipinski definition) is 2. The topological polar surface area (TPSA) is 63.3 Å². The Balaban J connectivity index is 1.90. The summed E-state index contributed by atoms with van der Waals surface area (Å²) in [5.41, 5.74) is 6.20. The molecule has 4 aliphatic rings. The Morgan fingerprint density at radius 3 is 2.62 bits per heavy atom. The molecular weight excluding hydrogens is 202 g/mol. The van der Waals surface area contributed by atoms with Gasteiger partial charge in [0.1, 0.15) is 0 Å². The van der Waals surface area contributed by atoms with E-state index in [9.17, 15) is 4.79 Å². The first-order valence-electron chi connectivity index (χ1n) is 6.51. The van der Waals surface area contributed by atoms with Gasteiger partial charge in [0.05, 0.1) is 6.42 Å². The zero-order chi connectivity index (χ0) is 11.4. The van der Waals surface area contributed by atoms with Crippen molar-refractivity contribution in [3.8, 4) is 0 Å². The van der Waals surface area contributed by atoms with E-state index in [4.69, 9.17) is 10.8 Å². The van der Waals surface area contributed by atoms with Crippen LogP contribution in [-0.2, 0) is 4.79 Å². The third kappa shape index (κ3) is 1.21. The number of rotatable bonds is 3. The Morgan fingerprint density at radius 1 is 1.31 bits per heavy atom. The molecule has 4 rings (SSSR count). The van der Waals surface area contributed by atoms with Crippen LogP contribution in [-0.4, -0.2) is 17.6 Å². The fourth-order valence-corrected chi connectivity index (χ4v) is 5.06. The molecule has 0 radical (unpaired) electrons. The van der Waals surface area contributed by atoms with Crippen molar-refractivity contribution in [3.05, 3.63) is 0 Å². The maximum atomic E-state index is 11.1. The first kappa shape index (κ1) is 10.6. The molecule has 0 saturated heterocycles. The second-order valence-electron chi connectivity index (χ2n) is 6.45. The molecule has 3 nitrogen and oxygen atoms in total. The molecule has 0 aromatic rings. The summed E-state index contributed by atoms with van der Waals surface area (Å²) >= 11 is 0. The Bertz CT molecular complexity index is 322. The van der Waals surface area contributed by atoms with E-state index in [1.807, 2.05) is 0 Å². The highest BCUT2D eigenvalue weighted by Gasteiger charge is 2.63. The SMILES string of the molecule is NCC1(CC(=O)O)CCC2CC3CC1(C2)C3. The predicted octanol–water partition coefficient (Wildman–Crippen LogP) is 2.01. The van der Waals surface area contributed by atoms with Gasteiger partial charge >= 0.3 is 5.97 Å². The monoisotopic (exact) mass is 223 g/mol. The second kappa shape index (κ2) is 3.22. The highest BCUT2D eigenvalue weighted by Crippen LogP contribution is 2.70. The fraction of sp³-hybridized carbons (Fsp3) is 0.923. The molecule has 3 N–H and O–H groups in total. The normalized spacial score (nSPS) is 49.6. The summed E-state index contributed by atoms with van der Waals surface area (Å²) in [6.07, 6.45) is 7.73. The van der Waals surface area contributed by atoms with E-state index in [0.717, 1.165) is 18.3 Å². The van der Waals surface area contributed by atoms with Crippen LogP contribution in [0.15, 0.2) is 0 Å². The van der Waals surface area contributed by atoms with Gasteiger partial charge in [-0.25, -0.2) is 0 Å². The lowest BCUT2D eigenvalue weighted by atomic mass is 9.37. The fourth-order valence-electron chi connectivity index (χ4n) is 5.06. The van der Waals surface area contributed by atoms with Gasteiger partial charge in [-0.05, 0) is 67.7 Å². The molecule has 4 aliphatic carbocycles. The lowest BCUT2D eigenvalue weighted by Gasteiger charge is -2.67. The van der Waals surface area contributed by atoms with Crippen molar-refractivity contribution in [1.29, 1.82) is 0 Å². The van der Waals surface area contributed by atoms with Gasteiger partial charge < -0.3 is 10.8 Å². The number of carboxylic acids is 1. The highest BCUT2D eigenvalue weighted by molar-refractivity contribution is 5.68. The summed E-state index contributed by atoms with van der Waals surface area (Å²) < 4.78 is 0. The standard InChI is InChI=1S/C13H21NO2/c14-8-12(7-11(15)16)2-1-9-3-10-5-13(12,4-9)6-10/h9-10H,1-8,14H2,(H,15,16). The van der Waals surface area contributed by atoms with Crippen LogP contribution in [0.4, 0.5) is 0 Å². The van der Waals surface area contributed by atoms with Gasteiger partial charge in [0.15, 0.2) is 0 Å². The lowest BCUT2D eigenvalue weighted by molar-refractivity contribution is -0.181. The van der Waals surface area contributed by atoms with Gasteiger partial charge in [-0.3, -0.25) is 4.79 Å². The summed E-state index contributed by atoms with van der Waals surface area (Å²) in [5, 5.41) is 9.14. The molecule has 90 valence electrons. The Kier molecular flexibility index (Phi) is 2.13. The summed E-state index contributed by atoms with van der Waals surface area (Å²) in [5.74, 6) is 1.10.